The van der Waals surface area contributed by atoms with Gasteiger partial charge in [0.25, 0.3) is 5.69 Å². The molecule has 1 aliphatic rings. The molecule has 1 saturated heterocycles. The summed E-state index contributed by atoms with van der Waals surface area (Å²) in [4.78, 5) is 12.9. The van der Waals surface area contributed by atoms with E-state index in [0.29, 0.717) is 12.3 Å². The second-order valence-corrected chi connectivity index (χ2v) is 5.13. The fraction of sp³-hybridized carbons (Fsp3) is 0.571. The van der Waals surface area contributed by atoms with E-state index >= 15 is 0 Å². The maximum atomic E-state index is 10.9. The Morgan fingerprint density at radius 3 is 2.95 bits per heavy atom. The van der Waals surface area contributed by atoms with E-state index in [1.165, 1.54) is 0 Å². The number of aliphatic hydroxyl groups is 1. The first-order valence-corrected chi connectivity index (χ1v) is 6.76. The lowest BCUT2D eigenvalue weighted by atomic mass is 9.98. The van der Waals surface area contributed by atoms with Crippen molar-refractivity contribution in [3.8, 4) is 0 Å². The molecule has 1 atom stereocenters. The number of para-hydroxylation sites is 1. The van der Waals surface area contributed by atoms with Crippen molar-refractivity contribution < 1.29 is 10.0 Å². The number of likely N-dealkylation sites (tertiary alicyclic amines) is 1. The molecule has 1 aliphatic heterocycles. The summed E-state index contributed by atoms with van der Waals surface area (Å²) in [7, 11) is 0. The van der Waals surface area contributed by atoms with E-state index in [4.69, 9.17) is 0 Å². The molecule has 19 heavy (non-hydrogen) atoms. The van der Waals surface area contributed by atoms with Crippen LogP contribution in [0.4, 0.5) is 5.69 Å². The minimum Gasteiger partial charge on any atom is -0.396 e. The van der Waals surface area contributed by atoms with Gasteiger partial charge in [-0.05, 0) is 31.7 Å². The summed E-state index contributed by atoms with van der Waals surface area (Å²) >= 11 is 0. The molecule has 0 bridgehead atoms. The molecule has 0 amide bonds. The van der Waals surface area contributed by atoms with Gasteiger partial charge in [-0.15, -0.1) is 0 Å². The number of piperidine rings is 1. The lowest BCUT2D eigenvalue weighted by Crippen LogP contribution is -2.38. The highest BCUT2D eigenvalue weighted by molar-refractivity contribution is 5.39. The molecule has 0 radical (unpaired) electrons. The highest BCUT2D eigenvalue weighted by atomic mass is 16.6. The molecule has 1 fully saturated rings. The largest absolute Gasteiger partial charge is 0.396 e. The Kier molecular flexibility index (Phi) is 4.87. The van der Waals surface area contributed by atoms with Crippen molar-refractivity contribution in [3.63, 3.8) is 0 Å². The van der Waals surface area contributed by atoms with E-state index in [2.05, 4.69) is 4.90 Å². The molecular formula is C14H20N2O3. The normalized spacial score (nSPS) is 20.4. The van der Waals surface area contributed by atoms with E-state index in [1.807, 2.05) is 12.1 Å². The predicted octanol–water partition coefficient (Wildman–Crippen LogP) is 1.84. The van der Waals surface area contributed by atoms with Crippen LogP contribution in [0.5, 0.6) is 0 Å². The lowest BCUT2D eigenvalue weighted by molar-refractivity contribution is -0.385. The van der Waals surface area contributed by atoms with Crippen molar-refractivity contribution in [3.05, 3.63) is 39.9 Å². The summed E-state index contributed by atoms with van der Waals surface area (Å²) in [5.41, 5.74) is 0.997. The van der Waals surface area contributed by atoms with Gasteiger partial charge in [0.1, 0.15) is 0 Å². The molecule has 0 aromatic heterocycles. The smallest absolute Gasteiger partial charge is 0.272 e. The van der Waals surface area contributed by atoms with Crippen LogP contribution >= 0.6 is 0 Å². The predicted molar refractivity (Wildman–Crippen MR) is 73.1 cm³/mol. The summed E-state index contributed by atoms with van der Waals surface area (Å²) in [6, 6.07) is 6.92. The summed E-state index contributed by atoms with van der Waals surface area (Å²) in [6.07, 6.45) is 2.87. The fourth-order valence-electron chi connectivity index (χ4n) is 2.68. The first kappa shape index (κ1) is 14.0. The number of hydrogen-bond acceptors (Lipinski definition) is 4. The number of rotatable bonds is 5. The molecule has 0 spiro atoms. The standard InChI is InChI=1S/C14H20N2O3/c17-11-12-4-3-8-15(10-12)9-7-13-5-1-2-6-14(13)16(18)19/h1-2,5-6,12,17H,3-4,7-11H2. The van der Waals surface area contributed by atoms with Crippen LogP contribution in [0, 0.1) is 16.0 Å². The molecule has 1 N–H and O–H groups in total. The number of nitro groups is 1. The Bertz CT molecular complexity index is 436. The van der Waals surface area contributed by atoms with Crippen LogP contribution in [0.3, 0.4) is 0 Å². The van der Waals surface area contributed by atoms with Gasteiger partial charge in [-0.3, -0.25) is 10.1 Å². The molecule has 1 unspecified atom stereocenters. The Balaban J connectivity index is 1.93. The van der Waals surface area contributed by atoms with Crippen LogP contribution in [0.25, 0.3) is 0 Å². The van der Waals surface area contributed by atoms with Gasteiger partial charge in [0, 0.05) is 31.3 Å². The third kappa shape index (κ3) is 3.75. The molecule has 5 heteroatoms. The van der Waals surface area contributed by atoms with Crippen molar-refractivity contribution >= 4 is 5.69 Å². The van der Waals surface area contributed by atoms with Gasteiger partial charge in [0.2, 0.25) is 0 Å². The lowest BCUT2D eigenvalue weighted by Gasteiger charge is -2.31. The second-order valence-electron chi connectivity index (χ2n) is 5.13. The summed E-state index contributed by atoms with van der Waals surface area (Å²) < 4.78 is 0. The fourth-order valence-corrected chi connectivity index (χ4v) is 2.68. The molecule has 0 aliphatic carbocycles. The quantitative estimate of drug-likeness (QED) is 0.651. The summed E-state index contributed by atoms with van der Waals surface area (Å²) in [5, 5.41) is 20.1. The van der Waals surface area contributed by atoms with Gasteiger partial charge in [-0.25, -0.2) is 0 Å². The molecule has 1 heterocycles. The van der Waals surface area contributed by atoms with Gasteiger partial charge in [0.05, 0.1) is 4.92 Å². The number of benzene rings is 1. The van der Waals surface area contributed by atoms with E-state index < -0.39 is 0 Å². The van der Waals surface area contributed by atoms with Crippen LogP contribution in [-0.2, 0) is 6.42 Å². The Hall–Kier alpha value is -1.46. The number of nitro benzene ring substituents is 1. The van der Waals surface area contributed by atoms with Crippen LogP contribution in [0.15, 0.2) is 24.3 Å². The first-order chi connectivity index (χ1) is 9.20. The monoisotopic (exact) mass is 264 g/mol. The molecular weight excluding hydrogens is 244 g/mol. The molecule has 2 rings (SSSR count). The topological polar surface area (TPSA) is 66.6 Å². The number of nitrogens with zero attached hydrogens (tertiary/aromatic N) is 2. The first-order valence-electron chi connectivity index (χ1n) is 6.76. The highest BCUT2D eigenvalue weighted by Gasteiger charge is 2.20. The average Bonchev–Trinajstić information content (AvgIpc) is 2.45. The van der Waals surface area contributed by atoms with Crippen LogP contribution in [0.2, 0.25) is 0 Å². The maximum Gasteiger partial charge on any atom is 0.272 e. The van der Waals surface area contributed by atoms with Gasteiger partial charge >= 0.3 is 0 Å². The van der Waals surface area contributed by atoms with E-state index in [0.717, 1.165) is 38.0 Å². The molecule has 104 valence electrons. The number of aliphatic hydroxyl groups excluding tert-OH is 1. The van der Waals surface area contributed by atoms with Crippen molar-refractivity contribution in [2.45, 2.75) is 19.3 Å². The van der Waals surface area contributed by atoms with Crippen molar-refractivity contribution in [1.82, 2.24) is 4.90 Å². The minimum absolute atomic E-state index is 0.207. The maximum absolute atomic E-state index is 10.9. The highest BCUT2D eigenvalue weighted by Crippen LogP contribution is 2.20. The molecule has 1 aromatic carbocycles. The zero-order valence-electron chi connectivity index (χ0n) is 11.0. The zero-order valence-corrected chi connectivity index (χ0v) is 11.0. The van der Waals surface area contributed by atoms with Gasteiger partial charge in [0.15, 0.2) is 0 Å². The van der Waals surface area contributed by atoms with Gasteiger partial charge < -0.3 is 10.0 Å². The Morgan fingerprint density at radius 2 is 2.21 bits per heavy atom. The van der Waals surface area contributed by atoms with Crippen LogP contribution in [0.1, 0.15) is 18.4 Å². The zero-order chi connectivity index (χ0) is 13.7. The van der Waals surface area contributed by atoms with Crippen LogP contribution in [-0.4, -0.2) is 41.2 Å². The van der Waals surface area contributed by atoms with Crippen molar-refractivity contribution in [2.24, 2.45) is 5.92 Å². The minimum atomic E-state index is -0.317. The summed E-state index contributed by atoms with van der Waals surface area (Å²) in [6.45, 7) is 2.98. The Morgan fingerprint density at radius 1 is 1.42 bits per heavy atom. The Labute approximate surface area is 113 Å². The third-order valence-corrected chi connectivity index (χ3v) is 3.75. The molecule has 1 aromatic rings. The molecule has 0 saturated carbocycles. The SMILES string of the molecule is O=[N+]([O-])c1ccccc1CCN1CCCC(CO)C1. The second kappa shape index (κ2) is 6.63. The van der Waals surface area contributed by atoms with Crippen LogP contribution < -0.4 is 0 Å². The van der Waals surface area contributed by atoms with Gasteiger partial charge in [-0.1, -0.05) is 18.2 Å². The third-order valence-electron chi connectivity index (χ3n) is 3.75. The van der Waals surface area contributed by atoms with E-state index in [-0.39, 0.29) is 17.2 Å². The van der Waals surface area contributed by atoms with Crippen molar-refractivity contribution in [2.75, 3.05) is 26.2 Å². The number of hydrogen-bond donors (Lipinski definition) is 1. The van der Waals surface area contributed by atoms with E-state index in [1.54, 1.807) is 12.1 Å². The average molecular weight is 264 g/mol. The summed E-state index contributed by atoms with van der Waals surface area (Å²) in [5.74, 6) is 0.361. The van der Waals surface area contributed by atoms with Gasteiger partial charge in [-0.2, -0.15) is 0 Å². The van der Waals surface area contributed by atoms with E-state index in [9.17, 15) is 15.2 Å². The molecule has 5 nitrogen and oxygen atoms in total. The van der Waals surface area contributed by atoms with Crippen molar-refractivity contribution in [1.29, 1.82) is 0 Å².